The standard InChI is InChI=1S/C9H12F3N3O2S/c1-15(2)18(16,17)7-3-4-8(13-5-7)14-6-9(10,11)12/h3-5H,6H2,1-2H3,(H,13,14). The average Bonchev–Trinajstić information content (AvgIpc) is 2.26. The minimum Gasteiger partial charge on any atom is -0.361 e. The van der Waals surface area contributed by atoms with Crippen LogP contribution < -0.4 is 5.32 Å². The number of pyridine rings is 1. The number of nitrogens with zero attached hydrogens (tertiary/aromatic N) is 2. The Morgan fingerprint density at radius 2 is 1.94 bits per heavy atom. The molecule has 0 aliphatic rings. The lowest BCUT2D eigenvalue weighted by atomic mass is 10.4. The first-order chi connectivity index (χ1) is 8.13. The first kappa shape index (κ1) is 14.7. The fourth-order valence-electron chi connectivity index (χ4n) is 1.04. The second-order valence-electron chi connectivity index (χ2n) is 3.64. The Morgan fingerprint density at radius 3 is 2.33 bits per heavy atom. The van der Waals surface area contributed by atoms with Gasteiger partial charge in [-0.05, 0) is 12.1 Å². The largest absolute Gasteiger partial charge is 0.405 e. The van der Waals surface area contributed by atoms with Gasteiger partial charge in [0.1, 0.15) is 17.3 Å². The van der Waals surface area contributed by atoms with Crippen LogP contribution in [0.3, 0.4) is 0 Å². The monoisotopic (exact) mass is 283 g/mol. The first-order valence-corrected chi connectivity index (χ1v) is 6.26. The molecular formula is C9H12F3N3O2S. The van der Waals surface area contributed by atoms with E-state index in [0.717, 1.165) is 10.5 Å². The smallest absolute Gasteiger partial charge is 0.361 e. The third-order valence-corrected chi connectivity index (χ3v) is 3.78. The fourth-order valence-corrected chi connectivity index (χ4v) is 1.89. The lowest BCUT2D eigenvalue weighted by Gasteiger charge is -2.12. The molecule has 18 heavy (non-hydrogen) atoms. The van der Waals surface area contributed by atoms with Crippen molar-refractivity contribution in [3.8, 4) is 0 Å². The van der Waals surface area contributed by atoms with Gasteiger partial charge in [-0.1, -0.05) is 0 Å². The van der Waals surface area contributed by atoms with E-state index in [1.165, 1.54) is 26.2 Å². The summed E-state index contributed by atoms with van der Waals surface area (Å²) in [5.74, 6) is -0.0370. The van der Waals surface area contributed by atoms with Gasteiger partial charge in [0.2, 0.25) is 10.0 Å². The molecule has 1 aromatic rings. The summed E-state index contributed by atoms with van der Waals surface area (Å²) in [5.41, 5.74) is 0. The number of aromatic nitrogens is 1. The fraction of sp³-hybridized carbons (Fsp3) is 0.444. The Morgan fingerprint density at radius 1 is 1.33 bits per heavy atom. The minimum absolute atomic E-state index is 0.0370. The average molecular weight is 283 g/mol. The molecule has 0 saturated heterocycles. The van der Waals surface area contributed by atoms with Crippen LogP contribution in [0.5, 0.6) is 0 Å². The highest BCUT2D eigenvalue weighted by Crippen LogP contribution is 2.17. The van der Waals surface area contributed by atoms with Crippen molar-refractivity contribution >= 4 is 15.8 Å². The molecule has 5 nitrogen and oxygen atoms in total. The van der Waals surface area contributed by atoms with Crippen LogP contribution in [0.25, 0.3) is 0 Å². The van der Waals surface area contributed by atoms with E-state index in [1.54, 1.807) is 0 Å². The molecule has 102 valence electrons. The molecule has 0 bridgehead atoms. The lowest BCUT2D eigenvalue weighted by Crippen LogP contribution is -2.23. The lowest BCUT2D eigenvalue weighted by molar-refractivity contribution is -0.115. The number of alkyl halides is 3. The van der Waals surface area contributed by atoms with Gasteiger partial charge in [-0.3, -0.25) is 0 Å². The van der Waals surface area contributed by atoms with Gasteiger partial charge in [0, 0.05) is 20.3 Å². The van der Waals surface area contributed by atoms with E-state index in [1.807, 2.05) is 5.32 Å². The third kappa shape index (κ3) is 3.84. The van der Waals surface area contributed by atoms with Crippen LogP contribution in [0.2, 0.25) is 0 Å². The van der Waals surface area contributed by atoms with Crippen molar-refractivity contribution in [1.29, 1.82) is 0 Å². The highest BCUT2D eigenvalue weighted by atomic mass is 32.2. The van der Waals surface area contributed by atoms with Crippen LogP contribution >= 0.6 is 0 Å². The van der Waals surface area contributed by atoms with Crippen molar-refractivity contribution in [3.05, 3.63) is 18.3 Å². The number of hydrogen-bond acceptors (Lipinski definition) is 4. The van der Waals surface area contributed by atoms with Gasteiger partial charge in [0.25, 0.3) is 0 Å². The van der Waals surface area contributed by atoms with Crippen LogP contribution in [0.4, 0.5) is 19.0 Å². The first-order valence-electron chi connectivity index (χ1n) is 4.82. The molecule has 0 atom stereocenters. The molecule has 0 unspecified atom stereocenters. The van der Waals surface area contributed by atoms with Crippen molar-refractivity contribution in [2.45, 2.75) is 11.1 Å². The topological polar surface area (TPSA) is 62.3 Å². The number of rotatable bonds is 4. The van der Waals surface area contributed by atoms with Crippen molar-refractivity contribution in [3.63, 3.8) is 0 Å². The summed E-state index contributed by atoms with van der Waals surface area (Å²) in [6, 6.07) is 2.38. The Hall–Kier alpha value is -1.35. The second kappa shape index (κ2) is 5.11. The second-order valence-corrected chi connectivity index (χ2v) is 5.79. The quantitative estimate of drug-likeness (QED) is 0.905. The van der Waals surface area contributed by atoms with Crippen molar-refractivity contribution in [2.24, 2.45) is 0 Å². The number of hydrogen-bond donors (Lipinski definition) is 1. The van der Waals surface area contributed by atoms with E-state index in [0.29, 0.717) is 0 Å². The highest BCUT2D eigenvalue weighted by molar-refractivity contribution is 7.89. The number of nitrogens with one attached hydrogen (secondary N) is 1. The summed E-state index contributed by atoms with van der Waals surface area (Å²) in [4.78, 5) is 3.53. The maximum absolute atomic E-state index is 11.9. The van der Waals surface area contributed by atoms with Crippen LogP contribution in [-0.2, 0) is 10.0 Å². The van der Waals surface area contributed by atoms with Gasteiger partial charge in [0.05, 0.1) is 0 Å². The van der Waals surface area contributed by atoms with E-state index in [9.17, 15) is 21.6 Å². The van der Waals surface area contributed by atoms with Crippen molar-refractivity contribution in [2.75, 3.05) is 26.0 Å². The van der Waals surface area contributed by atoms with Crippen LogP contribution in [-0.4, -0.2) is 44.5 Å². The number of anilines is 1. The van der Waals surface area contributed by atoms with Gasteiger partial charge in [-0.25, -0.2) is 17.7 Å². The van der Waals surface area contributed by atoms with Gasteiger partial charge in [-0.2, -0.15) is 13.2 Å². The van der Waals surface area contributed by atoms with E-state index in [-0.39, 0.29) is 10.7 Å². The van der Waals surface area contributed by atoms with E-state index >= 15 is 0 Å². The Balaban J connectivity index is 2.81. The predicted octanol–water partition coefficient (Wildman–Crippen LogP) is 1.31. The molecule has 0 aliphatic carbocycles. The van der Waals surface area contributed by atoms with Gasteiger partial charge >= 0.3 is 6.18 Å². The summed E-state index contributed by atoms with van der Waals surface area (Å²) < 4.78 is 60.1. The zero-order valence-electron chi connectivity index (χ0n) is 9.69. The van der Waals surface area contributed by atoms with Gasteiger partial charge < -0.3 is 5.32 Å². The van der Waals surface area contributed by atoms with Gasteiger partial charge in [-0.15, -0.1) is 0 Å². The van der Waals surface area contributed by atoms with E-state index in [2.05, 4.69) is 4.98 Å². The SMILES string of the molecule is CN(C)S(=O)(=O)c1ccc(NCC(F)(F)F)nc1. The normalized spacial score (nSPS) is 12.8. The molecule has 1 rings (SSSR count). The summed E-state index contributed by atoms with van der Waals surface area (Å²) in [7, 11) is -0.912. The Kier molecular flexibility index (Phi) is 4.17. The predicted molar refractivity (Wildman–Crippen MR) is 59.7 cm³/mol. The summed E-state index contributed by atoms with van der Waals surface area (Å²) in [6.07, 6.45) is -3.34. The van der Waals surface area contributed by atoms with E-state index in [4.69, 9.17) is 0 Å². The third-order valence-electron chi connectivity index (χ3n) is 1.98. The Bertz CT molecular complexity index is 497. The molecular weight excluding hydrogens is 271 g/mol. The van der Waals surface area contributed by atoms with E-state index < -0.39 is 22.7 Å². The zero-order valence-corrected chi connectivity index (χ0v) is 10.5. The molecule has 0 saturated carbocycles. The summed E-state index contributed by atoms with van der Waals surface area (Å²) in [5, 5.41) is 2.05. The van der Waals surface area contributed by atoms with Crippen LogP contribution in [0, 0.1) is 0 Å². The molecule has 0 radical (unpaired) electrons. The molecule has 0 aromatic carbocycles. The number of sulfonamides is 1. The number of halogens is 3. The minimum atomic E-state index is -4.35. The maximum atomic E-state index is 11.9. The maximum Gasteiger partial charge on any atom is 0.405 e. The summed E-state index contributed by atoms with van der Waals surface area (Å²) >= 11 is 0. The van der Waals surface area contributed by atoms with Crippen LogP contribution in [0.15, 0.2) is 23.2 Å². The zero-order chi connectivity index (χ0) is 14.0. The molecule has 0 fully saturated rings. The molecule has 0 aliphatic heterocycles. The molecule has 1 heterocycles. The van der Waals surface area contributed by atoms with Gasteiger partial charge in [0.15, 0.2) is 0 Å². The summed E-state index contributed by atoms with van der Waals surface area (Å²) in [6.45, 7) is -1.22. The molecule has 0 spiro atoms. The molecule has 1 N–H and O–H groups in total. The Labute approximate surface area is 103 Å². The molecule has 1 aromatic heterocycles. The van der Waals surface area contributed by atoms with Crippen molar-refractivity contribution < 1.29 is 21.6 Å². The highest BCUT2D eigenvalue weighted by Gasteiger charge is 2.26. The van der Waals surface area contributed by atoms with Crippen molar-refractivity contribution in [1.82, 2.24) is 9.29 Å². The molecule has 9 heteroatoms. The van der Waals surface area contributed by atoms with Crippen LogP contribution in [0.1, 0.15) is 0 Å². The molecule has 0 amide bonds.